The molecule has 0 aromatic heterocycles. The van der Waals surface area contributed by atoms with E-state index in [2.05, 4.69) is 54.9 Å². The van der Waals surface area contributed by atoms with Gasteiger partial charge in [-0.2, -0.15) is 0 Å². The molecule has 0 fully saturated rings. The van der Waals surface area contributed by atoms with E-state index in [1.165, 1.54) is 16.7 Å². The summed E-state index contributed by atoms with van der Waals surface area (Å²) in [6, 6.07) is 6.55. The molecule has 1 unspecified atom stereocenters. The largest absolute Gasteiger partial charge is 0.465 e. The molecule has 1 aliphatic heterocycles. The average molecular weight is 340 g/mol. The second-order valence-corrected chi connectivity index (χ2v) is 7.12. The van der Waals surface area contributed by atoms with Gasteiger partial charge in [-0.05, 0) is 28.5 Å². The van der Waals surface area contributed by atoms with E-state index in [1.807, 2.05) is 0 Å². The predicted octanol–water partition coefficient (Wildman–Crippen LogP) is 4.25. The van der Waals surface area contributed by atoms with Crippen molar-refractivity contribution in [2.45, 2.75) is 38.4 Å². The maximum Gasteiger partial charge on any atom is 0.407 e. The van der Waals surface area contributed by atoms with Gasteiger partial charge in [0.15, 0.2) is 0 Å². The van der Waals surface area contributed by atoms with Crippen LogP contribution in [0, 0.1) is 5.41 Å². The zero-order valence-corrected chi connectivity index (χ0v) is 13.9. The molecule has 3 nitrogen and oxygen atoms in total. The van der Waals surface area contributed by atoms with Crippen LogP contribution in [0.1, 0.15) is 43.4 Å². The van der Waals surface area contributed by atoms with Gasteiger partial charge in [0.2, 0.25) is 0 Å². The molecule has 1 N–H and O–H groups in total. The van der Waals surface area contributed by atoms with Gasteiger partial charge in [-0.3, -0.25) is 0 Å². The third kappa shape index (κ3) is 3.17. The van der Waals surface area contributed by atoms with Gasteiger partial charge < -0.3 is 10.0 Å². The van der Waals surface area contributed by atoms with Crippen LogP contribution in [-0.2, 0) is 11.8 Å². The summed E-state index contributed by atoms with van der Waals surface area (Å²) >= 11 is 3.49. The number of nitrogens with zero attached hydrogens (tertiary/aromatic N) is 1. The predicted molar refractivity (Wildman–Crippen MR) is 84.6 cm³/mol. The van der Waals surface area contributed by atoms with Crippen molar-refractivity contribution in [3.63, 3.8) is 0 Å². The minimum absolute atomic E-state index is 0.0444. The highest BCUT2D eigenvalue weighted by atomic mass is 79.9. The lowest BCUT2D eigenvalue weighted by molar-refractivity contribution is 0.135. The zero-order valence-electron chi connectivity index (χ0n) is 12.3. The van der Waals surface area contributed by atoms with Gasteiger partial charge in [0, 0.05) is 24.3 Å². The Balaban J connectivity index is 2.45. The Kier molecular flexibility index (Phi) is 4.43. The summed E-state index contributed by atoms with van der Waals surface area (Å²) in [5, 5.41) is 10.2. The quantitative estimate of drug-likeness (QED) is 0.777. The Morgan fingerprint density at radius 3 is 2.70 bits per heavy atom. The molecule has 1 atom stereocenters. The monoisotopic (exact) mass is 339 g/mol. The lowest BCUT2D eigenvalue weighted by Crippen LogP contribution is -2.36. The van der Waals surface area contributed by atoms with Crippen LogP contribution in [0.3, 0.4) is 0 Å². The van der Waals surface area contributed by atoms with Crippen LogP contribution < -0.4 is 0 Å². The van der Waals surface area contributed by atoms with E-state index >= 15 is 0 Å². The number of fused-ring (bicyclic) bond motifs is 1. The zero-order chi connectivity index (χ0) is 14.9. The van der Waals surface area contributed by atoms with E-state index in [0.29, 0.717) is 13.1 Å². The number of halogens is 1. The second-order valence-electron chi connectivity index (χ2n) is 6.56. The van der Waals surface area contributed by atoms with Gasteiger partial charge in [0.25, 0.3) is 0 Å². The van der Waals surface area contributed by atoms with Crippen LogP contribution in [0.25, 0.3) is 0 Å². The molecule has 20 heavy (non-hydrogen) atoms. The smallest absolute Gasteiger partial charge is 0.407 e. The molecular formula is C16H22BrNO2. The number of amides is 1. The Morgan fingerprint density at radius 2 is 2.15 bits per heavy atom. The van der Waals surface area contributed by atoms with E-state index in [-0.39, 0.29) is 11.3 Å². The van der Waals surface area contributed by atoms with Crippen molar-refractivity contribution < 1.29 is 9.90 Å². The van der Waals surface area contributed by atoms with E-state index in [9.17, 15) is 9.90 Å². The van der Waals surface area contributed by atoms with E-state index in [1.54, 1.807) is 4.90 Å². The Bertz CT molecular complexity index is 508. The number of carboxylic acid groups (broad SMARTS) is 1. The van der Waals surface area contributed by atoms with Gasteiger partial charge in [-0.1, -0.05) is 54.9 Å². The molecule has 0 saturated carbocycles. The second kappa shape index (κ2) is 5.76. The third-order valence-electron chi connectivity index (χ3n) is 4.11. The summed E-state index contributed by atoms with van der Waals surface area (Å²) in [5.74, 6) is 0.237. The lowest BCUT2D eigenvalue weighted by atomic mass is 9.75. The first-order chi connectivity index (χ1) is 9.32. The number of carbonyl (C=O) groups is 1. The van der Waals surface area contributed by atoms with Gasteiger partial charge in [0.05, 0.1) is 0 Å². The highest BCUT2D eigenvalue weighted by Crippen LogP contribution is 2.39. The molecule has 1 aromatic carbocycles. The number of alkyl halides is 1. The fourth-order valence-electron chi connectivity index (χ4n) is 2.88. The van der Waals surface area contributed by atoms with Crippen molar-refractivity contribution in [2.75, 3.05) is 13.1 Å². The minimum Gasteiger partial charge on any atom is -0.465 e. The third-order valence-corrected chi connectivity index (χ3v) is 4.75. The first-order valence-corrected chi connectivity index (χ1v) is 8.10. The van der Waals surface area contributed by atoms with Crippen LogP contribution >= 0.6 is 15.9 Å². The van der Waals surface area contributed by atoms with Crippen LogP contribution in [0.15, 0.2) is 18.2 Å². The summed E-state index contributed by atoms with van der Waals surface area (Å²) in [6.07, 6.45) is -0.0116. The van der Waals surface area contributed by atoms with Crippen molar-refractivity contribution in [3.8, 4) is 0 Å². The molecule has 0 bridgehead atoms. The number of hydrogen-bond donors (Lipinski definition) is 1. The highest BCUT2D eigenvalue weighted by Gasteiger charge is 2.33. The molecular weight excluding hydrogens is 318 g/mol. The Labute approximate surface area is 129 Å². The van der Waals surface area contributed by atoms with E-state index < -0.39 is 6.09 Å². The lowest BCUT2D eigenvalue weighted by Gasteiger charge is -2.33. The molecule has 2 rings (SSSR count). The number of benzene rings is 1. The molecule has 0 aliphatic carbocycles. The van der Waals surface area contributed by atoms with E-state index in [4.69, 9.17) is 0 Å². The van der Waals surface area contributed by atoms with Crippen molar-refractivity contribution in [3.05, 3.63) is 34.9 Å². The maximum atomic E-state index is 11.4. The fraction of sp³-hybridized carbons (Fsp3) is 0.562. The number of rotatable bonds is 1. The Morgan fingerprint density at radius 1 is 1.45 bits per heavy atom. The molecule has 1 aromatic rings. The Hall–Kier alpha value is -1.03. The SMILES string of the molecule is CC(C)(C)C1CN(C(=O)O)CCc2cc(CBr)ccc21. The molecule has 4 heteroatoms. The summed E-state index contributed by atoms with van der Waals surface area (Å²) in [5.41, 5.74) is 3.90. The highest BCUT2D eigenvalue weighted by molar-refractivity contribution is 9.08. The first kappa shape index (κ1) is 15.4. The van der Waals surface area contributed by atoms with Crippen molar-refractivity contribution in [1.29, 1.82) is 0 Å². The minimum atomic E-state index is -0.812. The topological polar surface area (TPSA) is 40.5 Å². The summed E-state index contributed by atoms with van der Waals surface area (Å²) in [7, 11) is 0. The van der Waals surface area contributed by atoms with Crippen LogP contribution in [0.4, 0.5) is 4.79 Å². The van der Waals surface area contributed by atoms with Gasteiger partial charge in [-0.25, -0.2) is 4.79 Å². The van der Waals surface area contributed by atoms with Crippen LogP contribution in [0.2, 0.25) is 0 Å². The summed E-state index contributed by atoms with van der Waals surface area (Å²) in [4.78, 5) is 12.9. The summed E-state index contributed by atoms with van der Waals surface area (Å²) in [6.45, 7) is 7.72. The first-order valence-electron chi connectivity index (χ1n) is 6.98. The van der Waals surface area contributed by atoms with Crippen molar-refractivity contribution in [1.82, 2.24) is 4.90 Å². The average Bonchev–Trinajstić information content (AvgIpc) is 2.56. The van der Waals surface area contributed by atoms with Crippen LogP contribution in [-0.4, -0.2) is 29.2 Å². The number of hydrogen-bond acceptors (Lipinski definition) is 1. The molecule has 0 radical (unpaired) electrons. The van der Waals surface area contributed by atoms with Crippen molar-refractivity contribution in [2.24, 2.45) is 5.41 Å². The van der Waals surface area contributed by atoms with E-state index in [0.717, 1.165) is 11.8 Å². The molecule has 1 heterocycles. The molecule has 1 amide bonds. The van der Waals surface area contributed by atoms with Crippen molar-refractivity contribution >= 4 is 22.0 Å². The molecule has 0 saturated heterocycles. The summed E-state index contributed by atoms with van der Waals surface area (Å²) < 4.78 is 0. The molecule has 1 aliphatic rings. The molecule has 110 valence electrons. The van der Waals surface area contributed by atoms with Crippen LogP contribution in [0.5, 0.6) is 0 Å². The van der Waals surface area contributed by atoms with Gasteiger partial charge in [0.1, 0.15) is 0 Å². The maximum absolute atomic E-state index is 11.4. The molecule has 0 spiro atoms. The van der Waals surface area contributed by atoms with Gasteiger partial charge in [-0.15, -0.1) is 0 Å². The van der Waals surface area contributed by atoms with Gasteiger partial charge >= 0.3 is 6.09 Å². The fourth-order valence-corrected chi connectivity index (χ4v) is 3.23. The standard InChI is InChI=1S/C16H22BrNO2/c1-16(2,3)14-10-18(15(19)20)7-6-12-8-11(9-17)4-5-13(12)14/h4-5,8,14H,6-7,9-10H2,1-3H3,(H,19,20). The normalized spacial score (nSPS) is 19.4.